The van der Waals surface area contributed by atoms with Gasteiger partial charge in [-0.2, -0.15) is 0 Å². The van der Waals surface area contributed by atoms with Crippen molar-refractivity contribution in [3.05, 3.63) is 54.0 Å². The maximum Gasteiger partial charge on any atom is 0.335 e. The van der Waals surface area contributed by atoms with E-state index in [0.29, 0.717) is 0 Å². The van der Waals surface area contributed by atoms with Gasteiger partial charge in [-0.3, -0.25) is 4.98 Å². The quantitative estimate of drug-likeness (QED) is 0.779. The molecule has 0 aliphatic carbocycles. The van der Waals surface area contributed by atoms with Crippen LogP contribution < -0.4 is 5.32 Å². The molecule has 2 rings (SSSR count). The molecular weight excluding hydrogens is 262 g/mol. The van der Waals surface area contributed by atoms with Gasteiger partial charge >= 0.3 is 11.9 Å². The molecule has 7 heteroatoms. The van der Waals surface area contributed by atoms with E-state index >= 15 is 0 Å². The van der Waals surface area contributed by atoms with Gasteiger partial charge in [-0.1, -0.05) is 6.07 Å². The van der Waals surface area contributed by atoms with Crippen LogP contribution in [-0.2, 0) is 0 Å². The number of carbonyl (C=O) groups is 2. The van der Waals surface area contributed by atoms with Gasteiger partial charge in [0.2, 0.25) is 0 Å². The third-order valence-electron chi connectivity index (χ3n) is 2.18. The van der Waals surface area contributed by atoms with Crippen LogP contribution in [0.4, 0.5) is 5.82 Å². The van der Waals surface area contributed by atoms with Crippen LogP contribution in [-0.4, -0.2) is 39.2 Å². The van der Waals surface area contributed by atoms with E-state index in [1.54, 1.807) is 18.6 Å². The molecule has 2 aromatic rings. The maximum absolute atomic E-state index is 10.4. The first kappa shape index (κ1) is 15.1. The number of anilines is 1. The van der Waals surface area contributed by atoms with Crippen molar-refractivity contribution < 1.29 is 19.8 Å². The summed E-state index contributed by atoms with van der Waals surface area (Å²) in [5.41, 5.74) is -0.0372. The minimum Gasteiger partial charge on any atom is -0.478 e. The highest BCUT2D eigenvalue weighted by Crippen LogP contribution is 2.04. The first-order valence-corrected chi connectivity index (χ1v) is 5.55. The van der Waals surface area contributed by atoms with Crippen molar-refractivity contribution in [3.8, 4) is 0 Å². The molecule has 0 amide bonds. The zero-order chi connectivity index (χ0) is 15.0. The van der Waals surface area contributed by atoms with E-state index in [4.69, 9.17) is 10.2 Å². The average Bonchev–Trinajstić information content (AvgIpc) is 2.49. The molecule has 0 saturated carbocycles. The van der Waals surface area contributed by atoms with Gasteiger partial charge in [0, 0.05) is 19.4 Å². The number of carboxylic acid groups (broad SMARTS) is 2. The number of hydrogen-bond acceptors (Lipinski definition) is 5. The van der Waals surface area contributed by atoms with E-state index in [-0.39, 0.29) is 11.1 Å². The number of hydrogen-bond donors (Lipinski definition) is 3. The van der Waals surface area contributed by atoms with E-state index in [9.17, 15) is 9.59 Å². The molecular formula is C13H13N3O4. The fourth-order valence-corrected chi connectivity index (χ4v) is 1.21. The number of nitrogens with zero attached hydrogens (tertiary/aromatic N) is 2. The Kier molecular flexibility index (Phi) is 5.64. The van der Waals surface area contributed by atoms with Crippen LogP contribution in [0.2, 0.25) is 0 Å². The van der Waals surface area contributed by atoms with Crippen molar-refractivity contribution in [1.29, 1.82) is 0 Å². The SMILES string of the molecule is CNc1cnccn1.O=C(O)c1cccc(C(=O)O)c1. The van der Waals surface area contributed by atoms with Gasteiger partial charge in [0.05, 0.1) is 17.3 Å². The molecule has 3 N–H and O–H groups in total. The fourth-order valence-electron chi connectivity index (χ4n) is 1.21. The molecule has 0 radical (unpaired) electrons. The second-order valence-corrected chi connectivity index (χ2v) is 3.53. The second-order valence-electron chi connectivity index (χ2n) is 3.53. The largest absolute Gasteiger partial charge is 0.478 e. The van der Waals surface area contributed by atoms with Gasteiger partial charge < -0.3 is 15.5 Å². The molecule has 0 spiro atoms. The molecule has 0 aliphatic rings. The van der Waals surface area contributed by atoms with Crippen molar-refractivity contribution in [2.45, 2.75) is 0 Å². The van der Waals surface area contributed by atoms with Crippen molar-refractivity contribution >= 4 is 17.8 Å². The summed E-state index contributed by atoms with van der Waals surface area (Å²) in [4.78, 5) is 28.5. The van der Waals surface area contributed by atoms with E-state index in [1.165, 1.54) is 18.2 Å². The molecule has 7 nitrogen and oxygen atoms in total. The molecule has 0 aliphatic heterocycles. The first-order valence-electron chi connectivity index (χ1n) is 5.55. The third kappa shape index (κ3) is 4.73. The van der Waals surface area contributed by atoms with Gasteiger partial charge in [-0.15, -0.1) is 0 Å². The van der Waals surface area contributed by atoms with Crippen LogP contribution in [0.25, 0.3) is 0 Å². The molecule has 0 atom stereocenters. The topological polar surface area (TPSA) is 112 Å². The minimum absolute atomic E-state index is 0.0186. The molecule has 0 saturated heterocycles. The Morgan fingerprint density at radius 3 is 2.05 bits per heavy atom. The Balaban J connectivity index is 0.000000217. The average molecular weight is 275 g/mol. The fraction of sp³-hybridized carbons (Fsp3) is 0.0769. The number of aromatic nitrogens is 2. The monoisotopic (exact) mass is 275 g/mol. The van der Waals surface area contributed by atoms with E-state index in [2.05, 4.69) is 15.3 Å². The van der Waals surface area contributed by atoms with Crippen molar-refractivity contribution in [2.24, 2.45) is 0 Å². The Labute approximate surface area is 114 Å². The number of rotatable bonds is 3. The van der Waals surface area contributed by atoms with E-state index < -0.39 is 11.9 Å². The minimum atomic E-state index is -1.13. The van der Waals surface area contributed by atoms with Crippen molar-refractivity contribution in [3.63, 3.8) is 0 Å². The number of benzene rings is 1. The summed E-state index contributed by atoms with van der Waals surface area (Å²) in [5, 5.41) is 19.8. The Bertz CT molecular complexity index is 558. The number of carboxylic acids is 2. The highest BCUT2D eigenvalue weighted by Gasteiger charge is 2.06. The van der Waals surface area contributed by atoms with E-state index in [0.717, 1.165) is 11.9 Å². The molecule has 0 bridgehead atoms. The first-order chi connectivity index (χ1) is 9.54. The van der Waals surface area contributed by atoms with Crippen LogP contribution in [0.3, 0.4) is 0 Å². The lowest BCUT2D eigenvalue weighted by Gasteiger charge is -1.95. The van der Waals surface area contributed by atoms with E-state index in [1.807, 2.05) is 7.05 Å². The summed E-state index contributed by atoms with van der Waals surface area (Å²) >= 11 is 0. The molecule has 0 unspecified atom stereocenters. The Hall–Kier alpha value is -2.96. The predicted molar refractivity (Wildman–Crippen MR) is 71.9 cm³/mol. The lowest BCUT2D eigenvalue weighted by atomic mass is 10.1. The molecule has 0 fully saturated rings. The molecule has 20 heavy (non-hydrogen) atoms. The number of aromatic carboxylic acids is 2. The van der Waals surface area contributed by atoms with Crippen LogP contribution in [0, 0.1) is 0 Å². The second kappa shape index (κ2) is 7.47. The summed E-state index contributed by atoms with van der Waals surface area (Å²) in [6.45, 7) is 0. The third-order valence-corrected chi connectivity index (χ3v) is 2.18. The molecule has 1 aromatic heterocycles. The maximum atomic E-state index is 10.4. The van der Waals surface area contributed by atoms with Gasteiger partial charge in [-0.25, -0.2) is 14.6 Å². The summed E-state index contributed by atoms with van der Waals surface area (Å²) in [7, 11) is 1.81. The standard InChI is InChI=1S/C8H6O4.C5H7N3/c9-7(10)5-2-1-3-6(4-5)8(11)12;1-6-5-4-7-2-3-8-5/h1-4H,(H,9,10)(H,11,12);2-4H,1H3,(H,6,8). The summed E-state index contributed by atoms with van der Waals surface area (Å²) < 4.78 is 0. The smallest absolute Gasteiger partial charge is 0.335 e. The van der Waals surface area contributed by atoms with Gasteiger partial charge in [0.25, 0.3) is 0 Å². The normalized spacial score (nSPS) is 9.05. The summed E-state index contributed by atoms with van der Waals surface area (Å²) in [5.74, 6) is -1.45. The zero-order valence-corrected chi connectivity index (χ0v) is 10.6. The highest BCUT2D eigenvalue weighted by atomic mass is 16.4. The Morgan fingerprint density at radius 1 is 1.10 bits per heavy atom. The predicted octanol–water partition coefficient (Wildman–Crippen LogP) is 1.60. The molecule has 104 valence electrons. The van der Waals surface area contributed by atoms with Crippen molar-refractivity contribution in [1.82, 2.24) is 9.97 Å². The van der Waals surface area contributed by atoms with Crippen molar-refractivity contribution in [2.75, 3.05) is 12.4 Å². The van der Waals surface area contributed by atoms with Crippen LogP contribution in [0.1, 0.15) is 20.7 Å². The Morgan fingerprint density at radius 2 is 1.70 bits per heavy atom. The molecule has 1 heterocycles. The van der Waals surface area contributed by atoms with Crippen LogP contribution in [0.15, 0.2) is 42.9 Å². The van der Waals surface area contributed by atoms with Crippen LogP contribution in [0.5, 0.6) is 0 Å². The zero-order valence-electron chi connectivity index (χ0n) is 10.6. The van der Waals surface area contributed by atoms with Gasteiger partial charge in [0.15, 0.2) is 0 Å². The highest BCUT2D eigenvalue weighted by molar-refractivity contribution is 5.93. The summed E-state index contributed by atoms with van der Waals surface area (Å²) in [6.07, 6.45) is 4.95. The van der Waals surface area contributed by atoms with Gasteiger partial charge in [-0.05, 0) is 18.2 Å². The lowest BCUT2D eigenvalue weighted by Crippen LogP contribution is -2.01. The lowest BCUT2D eigenvalue weighted by molar-refractivity contribution is 0.0696. The summed E-state index contributed by atoms with van der Waals surface area (Å²) in [6, 6.07) is 5.20. The van der Waals surface area contributed by atoms with Gasteiger partial charge in [0.1, 0.15) is 5.82 Å². The molecule has 1 aromatic carbocycles. The van der Waals surface area contributed by atoms with Crippen LogP contribution >= 0.6 is 0 Å². The number of nitrogens with one attached hydrogen (secondary N) is 1.